The molecule has 77 valence electrons. The second-order valence-corrected chi connectivity index (χ2v) is 4.78. The Labute approximate surface area is 101 Å². The molecule has 0 aliphatic heterocycles. The summed E-state index contributed by atoms with van der Waals surface area (Å²) in [4.78, 5) is 8.67. The molecular formula is C12H7N2S2. The van der Waals surface area contributed by atoms with Gasteiger partial charge in [-0.2, -0.15) is 22.7 Å². The molecule has 0 saturated carbocycles. The van der Waals surface area contributed by atoms with Crippen molar-refractivity contribution >= 4 is 22.7 Å². The summed E-state index contributed by atoms with van der Waals surface area (Å²) in [7, 11) is 0. The van der Waals surface area contributed by atoms with Gasteiger partial charge >= 0.3 is 0 Å². The van der Waals surface area contributed by atoms with Gasteiger partial charge in [0.2, 0.25) is 0 Å². The fourth-order valence-corrected chi connectivity index (χ4v) is 2.79. The molecule has 3 heterocycles. The van der Waals surface area contributed by atoms with Crippen molar-refractivity contribution in [3.8, 4) is 22.5 Å². The van der Waals surface area contributed by atoms with Gasteiger partial charge in [0.05, 0.1) is 17.6 Å². The van der Waals surface area contributed by atoms with Gasteiger partial charge in [-0.1, -0.05) is 0 Å². The molecule has 0 atom stereocenters. The van der Waals surface area contributed by atoms with Gasteiger partial charge in [0.15, 0.2) is 0 Å². The largest absolute Gasteiger partial charge is 0.252 e. The number of hydrogen-bond acceptors (Lipinski definition) is 4. The van der Waals surface area contributed by atoms with E-state index in [-0.39, 0.29) is 0 Å². The van der Waals surface area contributed by atoms with E-state index in [1.165, 1.54) is 0 Å². The first-order valence-corrected chi connectivity index (χ1v) is 6.62. The summed E-state index contributed by atoms with van der Waals surface area (Å²) in [5.41, 5.74) is 4.06. The van der Waals surface area contributed by atoms with Crippen LogP contribution >= 0.6 is 22.7 Å². The van der Waals surface area contributed by atoms with Crippen molar-refractivity contribution in [2.75, 3.05) is 0 Å². The molecule has 4 heteroatoms. The monoisotopic (exact) mass is 243 g/mol. The van der Waals surface area contributed by atoms with Crippen molar-refractivity contribution in [1.82, 2.24) is 9.97 Å². The van der Waals surface area contributed by atoms with Crippen molar-refractivity contribution in [1.29, 1.82) is 0 Å². The molecule has 0 fully saturated rings. The second kappa shape index (κ2) is 4.15. The molecule has 16 heavy (non-hydrogen) atoms. The zero-order chi connectivity index (χ0) is 10.8. The van der Waals surface area contributed by atoms with Crippen LogP contribution in [0.5, 0.6) is 0 Å². The topological polar surface area (TPSA) is 25.8 Å². The minimum Gasteiger partial charge on any atom is -0.252 e. The van der Waals surface area contributed by atoms with Crippen molar-refractivity contribution in [3.63, 3.8) is 0 Å². The molecule has 1 radical (unpaired) electrons. The molecule has 0 aliphatic rings. The van der Waals surface area contributed by atoms with Crippen molar-refractivity contribution in [2.24, 2.45) is 0 Å². The van der Waals surface area contributed by atoms with E-state index < -0.39 is 0 Å². The van der Waals surface area contributed by atoms with Crippen LogP contribution in [0.3, 0.4) is 0 Å². The smallest absolute Gasteiger partial charge is 0.109 e. The third-order valence-electron chi connectivity index (χ3n) is 2.24. The SMILES string of the molecule is [c]1cnc(-c2ccsc2)c(-c2ccsc2)n1. The highest BCUT2D eigenvalue weighted by Gasteiger charge is 2.10. The standard InChI is InChI=1S/C12H7N2S2/c1-5-15-7-9(1)11-12(14-4-3-13-11)10-2-6-16-8-10/h1-3,5-8H. The molecule has 0 aromatic carbocycles. The number of nitrogens with zero attached hydrogens (tertiary/aromatic N) is 2. The van der Waals surface area contributed by atoms with E-state index in [9.17, 15) is 0 Å². The van der Waals surface area contributed by atoms with E-state index in [1.807, 2.05) is 10.8 Å². The second-order valence-electron chi connectivity index (χ2n) is 3.22. The van der Waals surface area contributed by atoms with E-state index in [0.29, 0.717) is 0 Å². The van der Waals surface area contributed by atoms with Crippen molar-refractivity contribution < 1.29 is 0 Å². The maximum atomic E-state index is 4.37. The van der Waals surface area contributed by atoms with Crippen LogP contribution in [0.1, 0.15) is 0 Å². The van der Waals surface area contributed by atoms with Gasteiger partial charge in [-0.25, -0.2) is 4.98 Å². The summed E-state index contributed by atoms with van der Waals surface area (Å²) in [5.74, 6) is 0. The molecule has 0 amide bonds. The molecule has 0 bridgehead atoms. The quantitative estimate of drug-likeness (QED) is 0.685. The predicted octanol–water partition coefficient (Wildman–Crippen LogP) is 3.73. The van der Waals surface area contributed by atoms with Crippen molar-refractivity contribution in [3.05, 3.63) is 46.0 Å². The van der Waals surface area contributed by atoms with Gasteiger partial charge in [-0.3, -0.25) is 4.98 Å². The Hall–Kier alpha value is -1.52. The molecular weight excluding hydrogens is 236 g/mol. The van der Waals surface area contributed by atoms with E-state index in [0.717, 1.165) is 22.5 Å². The number of rotatable bonds is 2. The Morgan fingerprint density at radius 2 is 1.62 bits per heavy atom. The molecule has 0 unspecified atom stereocenters. The highest BCUT2D eigenvalue weighted by Crippen LogP contribution is 2.30. The first kappa shape index (κ1) is 9.69. The van der Waals surface area contributed by atoms with Crippen LogP contribution in [-0.2, 0) is 0 Å². The summed E-state index contributed by atoms with van der Waals surface area (Å²) < 4.78 is 0. The summed E-state index contributed by atoms with van der Waals surface area (Å²) in [6.45, 7) is 0. The Bertz CT molecular complexity index is 518. The third-order valence-corrected chi connectivity index (χ3v) is 3.61. The minimum absolute atomic E-state index is 0.905. The average Bonchev–Trinajstić information content (AvgIpc) is 3.03. The molecule has 0 saturated heterocycles. The zero-order valence-electron chi connectivity index (χ0n) is 8.25. The zero-order valence-corrected chi connectivity index (χ0v) is 9.89. The van der Waals surface area contributed by atoms with E-state index >= 15 is 0 Å². The van der Waals surface area contributed by atoms with Crippen molar-refractivity contribution in [2.45, 2.75) is 0 Å². The van der Waals surface area contributed by atoms with Gasteiger partial charge in [-0.15, -0.1) is 0 Å². The predicted molar refractivity (Wildman–Crippen MR) is 67.5 cm³/mol. The molecule has 0 spiro atoms. The lowest BCUT2D eigenvalue weighted by Crippen LogP contribution is -1.89. The molecule has 0 aliphatic carbocycles. The highest BCUT2D eigenvalue weighted by molar-refractivity contribution is 7.08. The van der Waals surface area contributed by atoms with Crippen LogP contribution in [0.15, 0.2) is 39.8 Å². The van der Waals surface area contributed by atoms with Gasteiger partial charge in [0.1, 0.15) is 6.20 Å². The van der Waals surface area contributed by atoms with E-state index in [1.54, 1.807) is 28.9 Å². The average molecular weight is 243 g/mol. The highest BCUT2D eigenvalue weighted by atomic mass is 32.1. The summed E-state index contributed by atoms with van der Waals surface area (Å²) in [6.07, 6.45) is 4.41. The number of thiophene rings is 2. The first-order chi connectivity index (χ1) is 7.95. The van der Waals surface area contributed by atoms with Crippen LogP contribution in [0.2, 0.25) is 0 Å². The molecule has 2 nitrogen and oxygen atoms in total. The lowest BCUT2D eigenvalue weighted by molar-refractivity contribution is 1.20. The Morgan fingerprint density at radius 3 is 2.25 bits per heavy atom. The maximum Gasteiger partial charge on any atom is 0.109 e. The Morgan fingerprint density at radius 1 is 0.938 bits per heavy atom. The van der Waals surface area contributed by atoms with Gasteiger partial charge in [0.25, 0.3) is 0 Å². The third kappa shape index (κ3) is 1.66. The van der Waals surface area contributed by atoms with Gasteiger partial charge < -0.3 is 0 Å². The van der Waals surface area contributed by atoms with Crippen LogP contribution in [0.25, 0.3) is 22.5 Å². The summed E-state index contributed by atoms with van der Waals surface area (Å²) in [6, 6.07) is 4.11. The van der Waals surface area contributed by atoms with Gasteiger partial charge in [-0.05, 0) is 22.9 Å². The van der Waals surface area contributed by atoms with Gasteiger partial charge in [0, 0.05) is 21.9 Å². The Kier molecular flexibility index (Phi) is 2.52. The lowest BCUT2D eigenvalue weighted by atomic mass is 10.1. The van der Waals surface area contributed by atoms with E-state index in [2.05, 4.69) is 39.1 Å². The maximum absolute atomic E-state index is 4.37. The van der Waals surface area contributed by atoms with E-state index in [4.69, 9.17) is 0 Å². The molecule has 0 N–H and O–H groups in total. The van der Waals surface area contributed by atoms with Crippen LogP contribution in [-0.4, -0.2) is 9.97 Å². The fraction of sp³-hybridized carbons (Fsp3) is 0. The first-order valence-electron chi connectivity index (χ1n) is 4.73. The van der Waals surface area contributed by atoms with Crippen LogP contribution in [0, 0.1) is 6.20 Å². The lowest BCUT2D eigenvalue weighted by Gasteiger charge is -2.02. The minimum atomic E-state index is 0.905. The number of hydrogen-bond donors (Lipinski definition) is 0. The fourth-order valence-electron chi connectivity index (χ4n) is 1.51. The number of aromatic nitrogens is 2. The molecule has 3 aromatic heterocycles. The molecule has 3 aromatic rings. The Balaban J connectivity index is 2.19. The summed E-state index contributed by atoms with van der Waals surface area (Å²) in [5, 5.41) is 8.25. The summed E-state index contributed by atoms with van der Waals surface area (Å²) >= 11 is 3.33. The normalized spacial score (nSPS) is 10.5. The van der Waals surface area contributed by atoms with Crippen LogP contribution in [0.4, 0.5) is 0 Å². The van der Waals surface area contributed by atoms with Crippen LogP contribution < -0.4 is 0 Å². The molecule has 3 rings (SSSR count).